The Bertz CT molecular complexity index is 741. The van der Waals surface area contributed by atoms with Gasteiger partial charge in [0, 0.05) is 6.54 Å². The lowest BCUT2D eigenvalue weighted by molar-refractivity contribution is -0.219. The third-order valence-electron chi connectivity index (χ3n) is 3.87. The molecule has 2 rings (SSSR count). The summed E-state index contributed by atoms with van der Waals surface area (Å²) >= 11 is 0. The summed E-state index contributed by atoms with van der Waals surface area (Å²) in [5, 5.41) is 16.5. The van der Waals surface area contributed by atoms with Gasteiger partial charge in [-0.1, -0.05) is 6.08 Å². The number of fused-ring (bicyclic) bond motifs is 2. The van der Waals surface area contributed by atoms with Crippen LogP contribution in [0.1, 0.15) is 13.3 Å². The van der Waals surface area contributed by atoms with E-state index in [4.69, 9.17) is 10.2 Å². The number of aliphatic carboxylic acids is 1. The normalized spacial score (nSPS) is 23.7. The number of alkyl halides is 1. The van der Waals surface area contributed by atoms with E-state index < -0.39 is 46.4 Å². The van der Waals surface area contributed by atoms with Crippen LogP contribution in [0.4, 0.5) is 9.18 Å². The number of primary sulfonamides is 1. The third kappa shape index (κ3) is 4.47. The van der Waals surface area contributed by atoms with E-state index in [2.05, 4.69) is 10.2 Å². The summed E-state index contributed by atoms with van der Waals surface area (Å²) in [7, 11) is -3.64. The monoisotopic (exact) mass is 394 g/mol. The average Bonchev–Trinajstić information content (AvgIpc) is 2.75. The van der Waals surface area contributed by atoms with Crippen molar-refractivity contribution in [3.63, 3.8) is 0 Å². The second kappa shape index (κ2) is 7.55. The molecule has 2 aliphatic heterocycles. The fourth-order valence-electron chi connectivity index (χ4n) is 2.80. The number of hydrogen-bond donors (Lipinski definition) is 3. The third-order valence-corrected chi connectivity index (χ3v) is 4.73. The number of halogens is 1. The number of nitrogens with zero attached hydrogens (tertiary/aromatic N) is 2. The number of carbonyl (C=O) groups excluding carboxylic acids is 2. The van der Waals surface area contributed by atoms with Crippen LogP contribution in [-0.2, 0) is 24.4 Å². The fourth-order valence-corrected chi connectivity index (χ4v) is 3.34. The van der Waals surface area contributed by atoms with Crippen LogP contribution in [0.3, 0.4) is 0 Å². The van der Waals surface area contributed by atoms with Crippen molar-refractivity contribution >= 4 is 27.9 Å². The molecule has 0 aliphatic carbocycles. The van der Waals surface area contributed by atoms with Gasteiger partial charge >= 0.3 is 18.4 Å². The van der Waals surface area contributed by atoms with Crippen molar-refractivity contribution in [1.29, 1.82) is 0 Å². The molecule has 0 aromatic carbocycles. The minimum atomic E-state index is -3.64. The van der Waals surface area contributed by atoms with Crippen molar-refractivity contribution in [2.75, 3.05) is 18.8 Å². The van der Waals surface area contributed by atoms with Crippen molar-refractivity contribution in [3.05, 3.63) is 11.6 Å². The van der Waals surface area contributed by atoms with Crippen molar-refractivity contribution in [3.8, 4) is 0 Å². The Morgan fingerprint density at radius 3 is 2.77 bits per heavy atom. The van der Waals surface area contributed by atoms with Crippen LogP contribution < -0.4 is 10.5 Å². The highest BCUT2D eigenvalue weighted by atomic mass is 32.2. The maximum Gasteiger partial charge on any atom is 0.368 e. The van der Waals surface area contributed by atoms with Gasteiger partial charge in [0.15, 0.2) is 0 Å². The number of nitrogens with two attached hydrogens (primary N) is 1. The first-order valence-electron chi connectivity index (χ1n) is 7.61. The van der Waals surface area contributed by atoms with Crippen molar-refractivity contribution < 1.29 is 37.1 Å². The molecular weight excluding hydrogens is 375 g/mol. The number of hydroxylamine groups is 2. The van der Waals surface area contributed by atoms with E-state index in [9.17, 15) is 27.2 Å². The maximum atomic E-state index is 13.3. The van der Waals surface area contributed by atoms with Crippen LogP contribution in [0, 0.1) is 0 Å². The molecule has 0 aromatic rings. The molecule has 0 saturated carbocycles. The topological polar surface area (TPSA) is 159 Å². The Balaban J connectivity index is 2.01. The van der Waals surface area contributed by atoms with Crippen LogP contribution in [-0.4, -0.2) is 78.7 Å². The van der Waals surface area contributed by atoms with E-state index in [1.54, 1.807) is 6.92 Å². The van der Waals surface area contributed by atoms with Crippen molar-refractivity contribution in [2.24, 2.45) is 5.14 Å². The zero-order valence-corrected chi connectivity index (χ0v) is 14.6. The summed E-state index contributed by atoms with van der Waals surface area (Å²) in [6.45, 7) is 1.66. The van der Waals surface area contributed by atoms with E-state index in [0.29, 0.717) is 10.6 Å². The Morgan fingerprint density at radius 1 is 1.54 bits per heavy atom. The molecule has 1 saturated heterocycles. The van der Waals surface area contributed by atoms with Crippen molar-refractivity contribution in [2.45, 2.75) is 31.8 Å². The highest BCUT2D eigenvalue weighted by Crippen LogP contribution is 2.30. The highest BCUT2D eigenvalue weighted by molar-refractivity contribution is 7.89. The summed E-state index contributed by atoms with van der Waals surface area (Å²) in [5.74, 6) is -2.72. The minimum Gasteiger partial charge on any atom is -0.477 e. The molecule has 0 radical (unpaired) electrons. The number of rotatable bonds is 8. The SMILES string of the molecule is CC1=C[C@H]2CN(C(=O)N2O[C@@H](F)C(=O)O)[C@@H]1C(=O)NCCCS(N)(=O)=O. The summed E-state index contributed by atoms with van der Waals surface area (Å²) in [6, 6.07) is -2.53. The minimum absolute atomic E-state index is 0.0256. The molecule has 0 spiro atoms. The molecule has 146 valence electrons. The van der Waals surface area contributed by atoms with Gasteiger partial charge in [-0.2, -0.15) is 5.06 Å². The molecule has 13 heteroatoms. The Morgan fingerprint density at radius 2 is 2.19 bits per heavy atom. The average molecular weight is 394 g/mol. The van der Waals surface area contributed by atoms with Gasteiger partial charge in [0.25, 0.3) is 0 Å². The maximum absolute atomic E-state index is 13.3. The Labute approximate surface area is 148 Å². The summed E-state index contributed by atoms with van der Waals surface area (Å²) < 4.78 is 35.0. The molecule has 3 atom stereocenters. The number of carboxylic acid groups (broad SMARTS) is 1. The van der Waals surface area contributed by atoms with E-state index in [1.165, 1.54) is 6.08 Å². The zero-order valence-electron chi connectivity index (χ0n) is 13.8. The second-order valence-electron chi connectivity index (χ2n) is 5.91. The van der Waals surface area contributed by atoms with Crippen LogP contribution >= 0.6 is 0 Å². The number of urea groups is 1. The molecule has 2 aliphatic rings. The highest BCUT2D eigenvalue weighted by Gasteiger charge is 2.48. The molecule has 26 heavy (non-hydrogen) atoms. The number of sulfonamides is 1. The molecule has 2 bridgehead atoms. The molecule has 4 N–H and O–H groups in total. The Kier molecular flexibility index (Phi) is 5.83. The van der Waals surface area contributed by atoms with Gasteiger partial charge in [0.05, 0.1) is 18.3 Å². The predicted octanol–water partition coefficient (Wildman–Crippen LogP) is -1.47. The van der Waals surface area contributed by atoms with Gasteiger partial charge in [0.2, 0.25) is 15.9 Å². The van der Waals surface area contributed by atoms with E-state index in [0.717, 1.165) is 4.90 Å². The summed E-state index contributed by atoms with van der Waals surface area (Å²) in [5.41, 5.74) is 0.496. The Hall–Kier alpha value is -2.25. The zero-order chi connectivity index (χ0) is 19.6. The first-order chi connectivity index (χ1) is 12.0. The largest absolute Gasteiger partial charge is 0.477 e. The number of amides is 3. The van der Waals surface area contributed by atoms with Gasteiger partial charge in [-0.3, -0.25) is 4.79 Å². The first-order valence-corrected chi connectivity index (χ1v) is 9.33. The fraction of sp³-hybridized carbons (Fsp3) is 0.615. The van der Waals surface area contributed by atoms with Gasteiger partial charge < -0.3 is 15.3 Å². The lowest BCUT2D eigenvalue weighted by Gasteiger charge is -2.29. The first kappa shape index (κ1) is 20.1. The van der Waals surface area contributed by atoms with Crippen LogP contribution in [0.2, 0.25) is 0 Å². The quantitative estimate of drug-likeness (QED) is 0.335. The lowest BCUT2D eigenvalue weighted by Crippen LogP contribution is -2.50. The second-order valence-corrected chi connectivity index (χ2v) is 7.65. The summed E-state index contributed by atoms with van der Waals surface area (Å²) in [6.07, 6.45) is -1.09. The lowest BCUT2D eigenvalue weighted by atomic mass is 10.00. The van der Waals surface area contributed by atoms with Crippen molar-refractivity contribution in [1.82, 2.24) is 15.3 Å². The summed E-state index contributed by atoms with van der Waals surface area (Å²) in [4.78, 5) is 40.9. The smallest absolute Gasteiger partial charge is 0.368 e. The van der Waals surface area contributed by atoms with Gasteiger partial charge in [-0.05, 0) is 18.9 Å². The van der Waals surface area contributed by atoms with Gasteiger partial charge in [-0.15, -0.1) is 0 Å². The molecule has 3 amide bonds. The van der Waals surface area contributed by atoms with E-state index >= 15 is 0 Å². The number of hydrogen-bond acceptors (Lipinski definition) is 6. The standard InChI is InChI=1S/C13H19FN4O7S/c1-7-5-8-6-17(13(22)18(8)25-10(14)12(20)21)9(7)11(19)16-3-2-4-26(15,23)24/h5,8-10H,2-4,6H2,1H3,(H,16,19)(H,20,21)(H2,15,23,24)/t8-,9-,10+/m0/s1. The van der Waals surface area contributed by atoms with E-state index in [1.807, 2.05) is 0 Å². The van der Waals surface area contributed by atoms with Crippen LogP contribution in [0.15, 0.2) is 11.6 Å². The molecule has 2 heterocycles. The van der Waals surface area contributed by atoms with Crippen LogP contribution in [0.5, 0.6) is 0 Å². The van der Waals surface area contributed by atoms with Gasteiger partial charge in [0.1, 0.15) is 6.04 Å². The molecule has 0 aromatic heterocycles. The molecule has 11 nitrogen and oxygen atoms in total. The molecule has 1 fully saturated rings. The number of nitrogens with one attached hydrogen (secondary N) is 1. The van der Waals surface area contributed by atoms with Crippen LogP contribution in [0.25, 0.3) is 0 Å². The van der Waals surface area contributed by atoms with E-state index in [-0.39, 0.29) is 25.3 Å². The predicted molar refractivity (Wildman–Crippen MR) is 84.5 cm³/mol. The molecular formula is C13H19FN4O7S. The number of carboxylic acids is 1. The molecule has 0 unspecified atom stereocenters. The van der Waals surface area contributed by atoms with Gasteiger partial charge in [-0.25, -0.2) is 32.4 Å². The number of carbonyl (C=O) groups is 3.